The molecule has 2 aliphatic rings. The second-order valence-electron chi connectivity index (χ2n) is 7.86. The van der Waals surface area contributed by atoms with E-state index in [2.05, 4.69) is 45.7 Å². The van der Waals surface area contributed by atoms with E-state index in [-0.39, 0.29) is 11.6 Å². The highest BCUT2D eigenvalue weighted by Crippen LogP contribution is 2.41. The van der Waals surface area contributed by atoms with E-state index in [0.717, 1.165) is 31.9 Å². The molecule has 4 heterocycles. The van der Waals surface area contributed by atoms with Crippen LogP contribution in [-0.4, -0.2) is 57.9 Å². The smallest absolute Gasteiger partial charge is 0.251 e. The van der Waals surface area contributed by atoms with Gasteiger partial charge in [-0.3, -0.25) is 14.4 Å². The molecule has 25 heavy (non-hydrogen) atoms. The van der Waals surface area contributed by atoms with Crippen LogP contribution in [0.5, 0.6) is 0 Å². The summed E-state index contributed by atoms with van der Waals surface area (Å²) < 4.78 is 3.95. The fraction of sp³-hybridized carbons (Fsp3) is 0.579. The second-order valence-corrected chi connectivity index (χ2v) is 7.86. The Hall–Kier alpha value is -1.92. The van der Waals surface area contributed by atoms with Crippen LogP contribution in [0.1, 0.15) is 29.8 Å². The predicted molar refractivity (Wildman–Crippen MR) is 97.6 cm³/mol. The Labute approximate surface area is 148 Å². The van der Waals surface area contributed by atoms with Crippen LogP contribution >= 0.6 is 0 Å². The average Bonchev–Trinajstić information content (AvgIpc) is 2.96. The summed E-state index contributed by atoms with van der Waals surface area (Å²) in [5.74, 6) is 0.951. The van der Waals surface area contributed by atoms with Gasteiger partial charge in [0.25, 0.3) is 5.56 Å². The average molecular weight is 341 g/mol. The molecule has 2 aromatic heterocycles. The summed E-state index contributed by atoms with van der Waals surface area (Å²) in [6, 6.07) is 8.12. The van der Waals surface area contributed by atoms with Crippen LogP contribution in [0.3, 0.4) is 0 Å². The van der Waals surface area contributed by atoms with Crippen molar-refractivity contribution in [3.05, 3.63) is 52.2 Å². The van der Waals surface area contributed by atoms with Crippen molar-refractivity contribution in [1.82, 2.24) is 24.1 Å². The maximum atomic E-state index is 12.6. The van der Waals surface area contributed by atoms with Crippen LogP contribution in [0.4, 0.5) is 0 Å². The van der Waals surface area contributed by atoms with Crippen molar-refractivity contribution in [3.8, 4) is 0 Å². The van der Waals surface area contributed by atoms with Crippen LogP contribution in [0.2, 0.25) is 0 Å². The number of hydrogen-bond acceptors (Lipinski definition) is 4. The molecule has 0 radical (unpaired) electrons. The molecule has 0 unspecified atom stereocenters. The minimum Gasteiger partial charge on any atom is -0.308 e. The topological polar surface area (TPSA) is 46.3 Å². The molecule has 0 saturated carbocycles. The van der Waals surface area contributed by atoms with Crippen molar-refractivity contribution in [1.29, 1.82) is 0 Å². The van der Waals surface area contributed by atoms with Gasteiger partial charge < -0.3 is 9.47 Å². The lowest BCUT2D eigenvalue weighted by molar-refractivity contribution is 0.0735. The van der Waals surface area contributed by atoms with Gasteiger partial charge in [-0.15, -0.1) is 0 Å². The molecule has 0 aliphatic carbocycles. The molecule has 3 atom stereocenters. The molecule has 1 fully saturated rings. The number of piperidine rings is 1. The lowest BCUT2D eigenvalue weighted by atomic mass is 9.78. The molecule has 0 aromatic carbocycles. The van der Waals surface area contributed by atoms with E-state index in [0.29, 0.717) is 11.8 Å². The maximum Gasteiger partial charge on any atom is 0.251 e. The molecule has 4 rings (SSSR count). The summed E-state index contributed by atoms with van der Waals surface area (Å²) in [5, 5.41) is 4.54. The fourth-order valence-corrected chi connectivity index (χ4v) is 4.65. The third-order valence-corrected chi connectivity index (χ3v) is 5.58. The number of likely N-dealkylation sites (N-methyl/N-ethyl adjacent to an activating group) is 1. The van der Waals surface area contributed by atoms with Gasteiger partial charge in [-0.2, -0.15) is 5.10 Å². The number of hydrogen-bond donors (Lipinski definition) is 0. The summed E-state index contributed by atoms with van der Waals surface area (Å²) in [6.45, 7) is 3.84. The first kappa shape index (κ1) is 16.5. The summed E-state index contributed by atoms with van der Waals surface area (Å²) in [4.78, 5) is 17.3. The Bertz CT molecular complexity index is 808. The number of aryl methyl sites for hydroxylation is 1. The van der Waals surface area contributed by atoms with Gasteiger partial charge in [0.15, 0.2) is 0 Å². The third-order valence-electron chi connectivity index (χ3n) is 5.58. The number of nitrogens with zero attached hydrogens (tertiary/aromatic N) is 5. The minimum absolute atomic E-state index is 0.150. The van der Waals surface area contributed by atoms with Crippen molar-refractivity contribution < 1.29 is 0 Å². The number of aromatic nitrogens is 3. The largest absolute Gasteiger partial charge is 0.308 e. The summed E-state index contributed by atoms with van der Waals surface area (Å²) >= 11 is 0. The van der Waals surface area contributed by atoms with Crippen molar-refractivity contribution in [2.75, 3.05) is 33.7 Å². The van der Waals surface area contributed by atoms with Crippen molar-refractivity contribution >= 4 is 0 Å². The van der Waals surface area contributed by atoms with Crippen LogP contribution in [0, 0.1) is 5.92 Å². The van der Waals surface area contributed by atoms with Crippen LogP contribution < -0.4 is 5.56 Å². The SMILES string of the molecule is CN(C)C[C@H]1[C@H]2C[C@H](CN(Cc3ccn(C)n3)C2)c2cccc(=O)n21. The molecule has 2 aliphatic heterocycles. The Morgan fingerprint density at radius 3 is 2.80 bits per heavy atom. The molecule has 0 amide bonds. The maximum absolute atomic E-state index is 12.6. The molecular formula is C19H27N5O. The van der Waals surface area contributed by atoms with Crippen molar-refractivity contribution in [2.45, 2.75) is 24.9 Å². The summed E-state index contributed by atoms with van der Waals surface area (Å²) in [6.07, 6.45) is 3.19. The molecule has 0 spiro atoms. The fourth-order valence-electron chi connectivity index (χ4n) is 4.65. The highest BCUT2D eigenvalue weighted by atomic mass is 16.1. The Kier molecular flexibility index (Phi) is 4.25. The number of likely N-dealkylation sites (tertiary alicyclic amines) is 1. The number of rotatable bonds is 4. The van der Waals surface area contributed by atoms with Gasteiger partial charge in [0.2, 0.25) is 0 Å². The first-order valence-electron chi connectivity index (χ1n) is 9.08. The third kappa shape index (κ3) is 3.16. The van der Waals surface area contributed by atoms with E-state index in [4.69, 9.17) is 0 Å². The minimum atomic E-state index is 0.150. The zero-order chi connectivity index (χ0) is 17.6. The summed E-state index contributed by atoms with van der Waals surface area (Å²) in [7, 11) is 6.15. The highest BCUT2D eigenvalue weighted by Gasteiger charge is 2.40. The van der Waals surface area contributed by atoms with Crippen molar-refractivity contribution in [2.24, 2.45) is 13.0 Å². The van der Waals surface area contributed by atoms with E-state index in [1.807, 2.05) is 24.0 Å². The second kappa shape index (κ2) is 6.42. The van der Waals surface area contributed by atoms with Gasteiger partial charge in [-0.05, 0) is 38.6 Å². The Balaban J connectivity index is 1.65. The van der Waals surface area contributed by atoms with E-state index in [1.54, 1.807) is 6.07 Å². The normalized spacial score (nSPS) is 26.0. The quantitative estimate of drug-likeness (QED) is 0.841. The van der Waals surface area contributed by atoms with Crippen molar-refractivity contribution in [3.63, 3.8) is 0 Å². The van der Waals surface area contributed by atoms with Crippen LogP contribution in [0.15, 0.2) is 35.3 Å². The van der Waals surface area contributed by atoms with Gasteiger partial charge in [-0.1, -0.05) is 6.07 Å². The molecule has 0 N–H and O–H groups in total. The molecule has 6 nitrogen and oxygen atoms in total. The van der Waals surface area contributed by atoms with Gasteiger partial charge in [0.1, 0.15) is 0 Å². The Morgan fingerprint density at radius 1 is 1.24 bits per heavy atom. The predicted octanol–water partition coefficient (Wildman–Crippen LogP) is 1.30. The van der Waals surface area contributed by atoms with Gasteiger partial charge in [0, 0.05) is 57.1 Å². The van der Waals surface area contributed by atoms with Crippen LogP contribution in [-0.2, 0) is 13.6 Å². The highest BCUT2D eigenvalue weighted by molar-refractivity contribution is 5.19. The van der Waals surface area contributed by atoms with E-state index in [1.165, 1.54) is 12.1 Å². The van der Waals surface area contributed by atoms with Gasteiger partial charge in [-0.25, -0.2) is 0 Å². The zero-order valence-corrected chi connectivity index (χ0v) is 15.3. The molecule has 6 heteroatoms. The van der Waals surface area contributed by atoms with Crippen LogP contribution in [0.25, 0.3) is 0 Å². The first-order valence-corrected chi connectivity index (χ1v) is 9.08. The Morgan fingerprint density at radius 2 is 2.08 bits per heavy atom. The molecule has 2 bridgehead atoms. The summed E-state index contributed by atoms with van der Waals surface area (Å²) in [5.41, 5.74) is 2.48. The first-order chi connectivity index (χ1) is 12.0. The van der Waals surface area contributed by atoms with Gasteiger partial charge >= 0.3 is 0 Å². The number of pyridine rings is 1. The lowest BCUT2D eigenvalue weighted by Gasteiger charge is -2.47. The molecular weight excluding hydrogens is 314 g/mol. The zero-order valence-electron chi connectivity index (χ0n) is 15.3. The standard InChI is InChI=1S/C19H27N5O/c1-21(2)13-18-15-9-14(17-5-4-6-19(25)24(17)18)10-23(11-15)12-16-7-8-22(3)20-16/h4-8,14-15,18H,9-13H2,1-3H3/t14-,15+,18+/m1/s1. The lowest BCUT2D eigenvalue weighted by Crippen LogP contribution is -2.51. The molecule has 134 valence electrons. The molecule has 2 aromatic rings. The van der Waals surface area contributed by atoms with E-state index in [9.17, 15) is 4.79 Å². The number of fused-ring (bicyclic) bond motifs is 4. The monoisotopic (exact) mass is 341 g/mol. The van der Waals surface area contributed by atoms with E-state index < -0.39 is 0 Å². The van der Waals surface area contributed by atoms with E-state index >= 15 is 0 Å². The van der Waals surface area contributed by atoms with Gasteiger partial charge in [0.05, 0.1) is 11.7 Å². The molecule has 1 saturated heterocycles.